The molecule has 4 aromatic rings. The first-order valence-corrected chi connectivity index (χ1v) is 10.0. The van der Waals surface area contributed by atoms with E-state index in [0.717, 1.165) is 28.0 Å². The molecule has 0 aliphatic carbocycles. The number of hydrogen-bond donors (Lipinski definition) is 2. The molecule has 0 aliphatic rings. The summed E-state index contributed by atoms with van der Waals surface area (Å²) in [6, 6.07) is 13.6. The van der Waals surface area contributed by atoms with Crippen LogP contribution in [0.2, 0.25) is 0 Å². The SMILES string of the molecule is Cc1nc(NCCNC(=O)c2cccc(F)c2)c2c(C)nn(-c3ccccc3C)c2n1. The van der Waals surface area contributed by atoms with Crippen LogP contribution >= 0.6 is 0 Å². The first kappa shape index (κ1) is 20.5. The highest BCUT2D eigenvalue weighted by atomic mass is 19.1. The molecule has 0 atom stereocenters. The fourth-order valence-corrected chi connectivity index (χ4v) is 3.48. The molecule has 0 saturated carbocycles. The highest BCUT2D eigenvalue weighted by molar-refractivity contribution is 5.94. The van der Waals surface area contributed by atoms with Crippen LogP contribution in [0.3, 0.4) is 0 Å². The van der Waals surface area contributed by atoms with Gasteiger partial charge in [-0.2, -0.15) is 5.10 Å². The van der Waals surface area contributed by atoms with Crippen LogP contribution in [-0.4, -0.2) is 38.7 Å². The van der Waals surface area contributed by atoms with Crippen LogP contribution in [0, 0.1) is 26.6 Å². The van der Waals surface area contributed by atoms with E-state index in [2.05, 4.69) is 20.6 Å². The van der Waals surface area contributed by atoms with Crippen LogP contribution in [0.25, 0.3) is 16.7 Å². The molecule has 158 valence electrons. The molecule has 1 amide bonds. The van der Waals surface area contributed by atoms with Gasteiger partial charge in [0.15, 0.2) is 5.65 Å². The third-order valence-corrected chi connectivity index (χ3v) is 4.95. The van der Waals surface area contributed by atoms with Crippen LogP contribution in [-0.2, 0) is 0 Å². The summed E-state index contributed by atoms with van der Waals surface area (Å²) in [5, 5.41) is 11.6. The second-order valence-electron chi connectivity index (χ2n) is 7.29. The Morgan fingerprint density at radius 3 is 2.61 bits per heavy atom. The van der Waals surface area contributed by atoms with Gasteiger partial charge >= 0.3 is 0 Å². The summed E-state index contributed by atoms with van der Waals surface area (Å²) in [6.45, 7) is 6.59. The molecule has 0 aliphatic heterocycles. The maximum absolute atomic E-state index is 13.3. The number of carbonyl (C=O) groups excluding carboxylic acids is 1. The van der Waals surface area contributed by atoms with Gasteiger partial charge in [0, 0.05) is 18.7 Å². The lowest BCUT2D eigenvalue weighted by Gasteiger charge is -2.10. The lowest BCUT2D eigenvalue weighted by molar-refractivity contribution is 0.0954. The van der Waals surface area contributed by atoms with Crippen molar-refractivity contribution in [3.8, 4) is 5.69 Å². The minimum Gasteiger partial charge on any atom is -0.368 e. The predicted molar refractivity (Wildman–Crippen MR) is 118 cm³/mol. The van der Waals surface area contributed by atoms with E-state index in [9.17, 15) is 9.18 Å². The number of benzene rings is 2. The van der Waals surface area contributed by atoms with Crippen molar-refractivity contribution in [2.45, 2.75) is 20.8 Å². The molecular formula is C23H23FN6O. The zero-order chi connectivity index (χ0) is 22.0. The van der Waals surface area contributed by atoms with Crippen molar-refractivity contribution in [3.63, 3.8) is 0 Å². The molecule has 4 rings (SSSR count). The second kappa shape index (κ2) is 8.51. The third kappa shape index (κ3) is 4.23. The largest absolute Gasteiger partial charge is 0.368 e. The number of carbonyl (C=O) groups is 1. The van der Waals surface area contributed by atoms with Gasteiger partial charge in [0.05, 0.1) is 16.8 Å². The molecule has 0 bridgehead atoms. The van der Waals surface area contributed by atoms with Gasteiger partial charge in [0.2, 0.25) is 0 Å². The number of amides is 1. The Bertz CT molecular complexity index is 1270. The maximum atomic E-state index is 13.3. The summed E-state index contributed by atoms with van der Waals surface area (Å²) in [7, 11) is 0. The molecule has 7 nitrogen and oxygen atoms in total. The summed E-state index contributed by atoms with van der Waals surface area (Å²) in [5.74, 6) is 0.521. The quantitative estimate of drug-likeness (QED) is 0.466. The number of aromatic nitrogens is 4. The van der Waals surface area contributed by atoms with Crippen molar-refractivity contribution in [2.24, 2.45) is 0 Å². The first-order chi connectivity index (χ1) is 14.9. The number of halogens is 1. The number of para-hydroxylation sites is 1. The van der Waals surface area contributed by atoms with Crippen LogP contribution in [0.15, 0.2) is 48.5 Å². The molecule has 2 aromatic carbocycles. The number of anilines is 1. The lowest BCUT2D eigenvalue weighted by Crippen LogP contribution is -2.29. The molecule has 0 spiro atoms. The fourth-order valence-electron chi connectivity index (χ4n) is 3.48. The Kier molecular flexibility index (Phi) is 5.62. The molecule has 0 saturated heterocycles. The average Bonchev–Trinajstić information content (AvgIpc) is 3.07. The average molecular weight is 418 g/mol. The normalized spacial score (nSPS) is 11.0. The van der Waals surface area contributed by atoms with E-state index in [1.54, 1.807) is 6.07 Å². The van der Waals surface area contributed by atoms with Gasteiger partial charge < -0.3 is 10.6 Å². The van der Waals surface area contributed by atoms with Crippen LogP contribution in [0.1, 0.15) is 27.4 Å². The van der Waals surface area contributed by atoms with E-state index < -0.39 is 5.82 Å². The van der Waals surface area contributed by atoms with Gasteiger partial charge in [-0.25, -0.2) is 19.0 Å². The third-order valence-electron chi connectivity index (χ3n) is 4.95. The Hall–Kier alpha value is -3.81. The van der Waals surface area contributed by atoms with Crippen molar-refractivity contribution in [1.82, 2.24) is 25.1 Å². The number of hydrogen-bond acceptors (Lipinski definition) is 5. The Labute approximate surface area is 179 Å². The lowest BCUT2D eigenvalue weighted by atomic mass is 10.2. The van der Waals surface area contributed by atoms with E-state index in [-0.39, 0.29) is 11.5 Å². The number of aryl methyl sites for hydroxylation is 3. The fraction of sp³-hybridized carbons (Fsp3) is 0.217. The molecule has 31 heavy (non-hydrogen) atoms. The topological polar surface area (TPSA) is 84.7 Å². The van der Waals surface area contributed by atoms with Crippen molar-refractivity contribution < 1.29 is 9.18 Å². The standard InChI is InChI=1S/C23H23FN6O/c1-14-7-4-5-10-19(14)30-22-20(15(2)29-30)21(27-16(3)28-22)25-11-12-26-23(31)17-8-6-9-18(24)13-17/h4-10,13H,11-12H2,1-3H3,(H,26,31)(H,25,27,28). The first-order valence-electron chi connectivity index (χ1n) is 10.0. The van der Waals surface area contributed by atoms with Crippen LogP contribution < -0.4 is 10.6 Å². The van der Waals surface area contributed by atoms with Gasteiger partial charge in [-0.15, -0.1) is 0 Å². The van der Waals surface area contributed by atoms with E-state index in [1.807, 2.05) is 49.7 Å². The highest BCUT2D eigenvalue weighted by Gasteiger charge is 2.17. The van der Waals surface area contributed by atoms with Gasteiger partial charge in [0.25, 0.3) is 5.91 Å². The molecule has 2 N–H and O–H groups in total. The smallest absolute Gasteiger partial charge is 0.251 e. The molecule has 2 aromatic heterocycles. The molecular weight excluding hydrogens is 395 g/mol. The van der Waals surface area contributed by atoms with Gasteiger partial charge in [-0.3, -0.25) is 4.79 Å². The number of nitrogens with one attached hydrogen (secondary N) is 2. The highest BCUT2D eigenvalue weighted by Crippen LogP contribution is 2.27. The number of rotatable bonds is 6. The van der Waals surface area contributed by atoms with E-state index in [4.69, 9.17) is 5.10 Å². The summed E-state index contributed by atoms with van der Waals surface area (Å²) in [5.41, 5.74) is 3.88. The summed E-state index contributed by atoms with van der Waals surface area (Å²) < 4.78 is 15.1. The zero-order valence-electron chi connectivity index (χ0n) is 17.6. The molecule has 2 heterocycles. The van der Waals surface area contributed by atoms with Crippen LogP contribution in [0.5, 0.6) is 0 Å². The molecule has 0 radical (unpaired) electrons. The summed E-state index contributed by atoms with van der Waals surface area (Å²) in [6.07, 6.45) is 0. The van der Waals surface area contributed by atoms with Crippen molar-refractivity contribution in [2.75, 3.05) is 18.4 Å². The Morgan fingerprint density at radius 1 is 1.03 bits per heavy atom. The monoisotopic (exact) mass is 418 g/mol. The van der Waals surface area contributed by atoms with E-state index in [0.29, 0.717) is 24.7 Å². The van der Waals surface area contributed by atoms with Gasteiger partial charge in [-0.05, 0) is 50.6 Å². The second-order valence-corrected chi connectivity index (χ2v) is 7.29. The van der Waals surface area contributed by atoms with Crippen molar-refractivity contribution >= 4 is 22.8 Å². The summed E-state index contributed by atoms with van der Waals surface area (Å²) in [4.78, 5) is 21.3. The van der Waals surface area contributed by atoms with Crippen molar-refractivity contribution in [1.29, 1.82) is 0 Å². The number of nitrogens with zero attached hydrogens (tertiary/aromatic N) is 4. The predicted octanol–water partition coefficient (Wildman–Crippen LogP) is 3.72. The minimum absolute atomic E-state index is 0.288. The Balaban J connectivity index is 1.53. The molecule has 8 heteroatoms. The Morgan fingerprint density at radius 2 is 1.84 bits per heavy atom. The van der Waals surface area contributed by atoms with Gasteiger partial charge in [0.1, 0.15) is 17.5 Å². The van der Waals surface area contributed by atoms with E-state index >= 15 is 0 Å². The summed E-state index contributed by atoms with van der Waals surface area (Å²) >= 11 is 0. The molecule has 0 fully saturated rings. The van der Waals surface area contributed by atoms with Crippen LogP contribution in [0.4, 0.5) is 10.2 Å². The molecule has 0 unspecified atom stereocenters. The maximum Gasteiger partial charge on any atom is 0.251 e. The minimum atomic E-state index is -0.439. The van der Waals surface area contributed by atoms with Crippen molar-refractivity contribution in [3.05, 3.63) is 77.0 Å². The van der Waals surface area contributed by atoms with Gasteiger partial charge in [-0.1, -0.05) is 24.3 Å². The van der Waals surface area contributed by atoms with E-state index in [1.165, 1.54) is 18.2 Å². The number of fused-ring (bicyclic) bond motifs is 1. The zero-order valence-corrected chi connectivity index (χ0v) is 17.6.